The molecule has 7 nitrogen and oxygen atoms in total. The quantitative estimate of drug-likeness (QED) is 0.600. The number of anilines is 1. The Balaban J connectivity index is 2.03. The third kappa shape index (κ3) is 6.74. The molecule has 2 aromatic carbocycles. The van der Waals surface area contributed by atoms with E-state index in [1.54, 1.807) is 43.3 Å². The van der Waals surface area contributed by atoms with Crippen molar-refractivity contribution in [1.29, 1.82) is 0 Å². The zero-order valence-electron chi connectivity index (χ0n) is 15.5. The molecule has 0 spiro atoms. The number of sulfonamides is 1. The minimum absolute atomic E-state index is 0.0847. The van der Waals surface area contributed by atoms with Crippen molar-refractivity contribution < 1.29 is 22.7 Å². The Kier molecular flexibility index (Phi) is 7.73. The van der Waals surface area contributed by atoms with Crippen molar-refractivity contribution in [1.82, 2.24) is 4.31 Å². The molecule has 0 aliphatic heterocycles. The van der Waals surface area contributed by atoms with Crippen LogP contribution in [-0.4, -0.2) is 44.0 Å². The highest BCUT2D eigenvalue weighted by atomic mass is 79.9. The molecule has 0 bridgehead atoms. The Morgan fingerprint density at radius 1 is 1.07 bits per heavy atom. The average Bonchev–Trinajstić information content (AvgIpc) is 2.63. The number of carbonyl (C=O) groups excluding carboxylic acids is 2. The molecule has 0 radical (unpaired) electrons. The zero-order valence-corrected chi connectivity index (χ0v) is 17.9. The maximum absolute atomic E-state index is 12.3. The largest absolute Gasteiger partial charge is 0.462 e. The number of nitrogens with zero attached hydrogens (tertiary/aromatic N) is 1. The molecular formula is C19H21BrN2O5S. The van der Waals surface area contributed by atoms with E-state index in [1.165, 1.54) is 12.1 Å². The second-order valence-corrected chi connectivity index (χ2v) is 8.90. The highest BCUT2D eigenvalue weighted by molar-refractivity contribution is 9.10. The number of esters is 1. The van der Waals surface area contributed by atoms with E-state index < -0.39 is 21.9 Å². The van der Waals surface area contributed by atoms with Crippen LogP contribution in [0.25, 0.3) is 0 Å². The van der Waals surface area contributed by atoms with Crippen LogP contribution in [0.3, 0.4) is 0 Å². The molecule has 0 atom stereocenters. The molecule has 9 heteroatoms. The highest BCUT2D eigenvalue weighted by Gasteiger charge is 2.20. The Bertz CT molecular complexity index is 928. The summed E-state index contributed by atoms with van der Waals surface area (Å²) >= 11 is 3.33. The lowest BCUT2D eigenvalue weighted by atomic mass is 10.2. The summed E-state index contributed by atoms with van der Waals surface area (Å²) in [4.78, 5) is 24.0. The number of hydrogen-bond acceptors (Lipinski definition) is 5. The third-order valence-electron chi connectivity index (χ3n) is 3.74. The number of benzene rings is 2. The van der Waals surface area contributed by atoms with E-state index >= 15 is 0 Å². The van der Waals surface area contributed by atoms with Gasteiger partial charge in [-0.15, -0.1) is 0 Å². The molecule has 28 heavy (non-hydrogen) atoms. The summed E-state index contributed by atoms with van der Waals surface area (Å²) in [5.41, 5.74) is 1.59. The van der Waals surface area contributed by atoms with Crippen molar-refractivity contribution in [3.63, 3.8) is 0 Å². The Labute approximate surface area is 172 Å². The first-order valence-electron chi connectivity index (χ1n) is 8.45. The normalized spacial score (nSPS) is 11.3. The molecule has 0 aromatic heterocycles. The fourth-order valence-corrected chi connectivity index (χ4v) is 3.35. The van der Waals surface area contributed by atoms with Gasteiger partial charge in [-0.3, -0.25) is 4.79 Å². The van der Waals surface area contributed by atoms with Gasteiger partial charge in [-0.2, -0.15) is 4.31 Å². The SMILES string of the molecule is CCOC(=O)c1ccc(NC(=O)CN(Cc2ccc(Br)cc2)S(C)(=O)=O)cc1. The van der Waals surface area contributed by atoms with E-state index in [1.807, 2.05) is 0 Å². The van der Waals surface area contributed by atoms with Gasteiger partial charge in [0.05, 0.1) is 25.0 Å². The lowest BCUT2D eigenvalue weighted by Gasteiger charge is -2.19. The van der Waals surface area contributed by atoms with Gasteiger partial charge in [-0.25, -0.2) is 13.2 Å². The lowest BCUT2D eigenvalue weighted by Crippen LogP contribution is -2.36. The van der Waals surface area contributed by atoms with Crippen molar-refractivity contribution >= 4 is 43.5 Å². The fourth-order valence-electron chi connectivity index (χ4n) is 2.35. The Morgan fingerprint density at radius 3 is 2.21 bits per heavy atom. The number of nitrogens with one attached hydrogen (secondary N) is 1. The second kappa shape index (κ2) is 9.81. The van der Waals surface area contributed by atoms with Crippen LogP contribution in [-0.2, 0) is 26.1 Å². The molecule has 1 N–H and O–H groups in total. The van der Waals surface area contributed by atoms with Crippen LogP contribution in [0, 0.1) is 0 Å². The molecule has 0 aliphatic rings. The highest BCUT2D eigenvalue weighted by Crippen LogP contribution is 2.15. The molecule has 2 rings (SSSR count). The van der Waals surface area contributed by atoms with Crippen LogP contribution < -0.4 is 5.32 Å². The van der Waals surface area contributed by atoms with Crippen LogP contribution >= 0.6 is 15.9 Å². The molecule has 0 heterocycles. The van der Waals surface area contributed by atoms with Crippen LogP contribution in [0.15, 0.2) is 53.0 Å². The van der Waals surface area contributed by atoms with E-state index in [9.17, 15) is 18.0 Å². The topological polar surface area (TPSA) is 92.8 Å². The van der Waals surface area contributed by atoms with Crippen molar-refractivity contribution in [2.45, 2.75) is 13.5 Å². The van der Waals surface area contributed by atoms with Gasteiger partial charge >= 0.3 is 5.97 Å². The standard InChI is InChI=1S/C19H21BrN2O5S/c1-3-27-19(24)15-6-10-17(11-7-15)21-18(23)13-22(28(2,25)26)12-14-4-8-16(20)9-5-14/h4-11H,3,12-13H2,1-2H3,(H,21,23). The number of carbonyl (C=O) groups is 2. The average molecular weight is 469 g/mol. The Morgan fingerprint density at radius 2 is 1.68 bits per heavy atom. The number of hydrogen-bond donors (Lipinski definition) is 1. The molecule has 2 aromatic rings. The van der Waals surface area contributed by atoms with E-state index in [2.05, 4.69) is 21.2 Å². The summed E-state index contributed by atoms with van der Waals surface area (Å²) in [6.45, 7) is 1.75. The van der Waals surface area contributed by atoms with Crippen molar-refractivity contribution in [2.24, 2.45) is 0 Å². The van der Waals surface area contributed by atoms with Crippen molar-refractivity contribution in [2.75, 3.05) is 24.7 Å². The van der Waals surface area contributed by atoms with Gasteiger partial charge in [0, 0.05) is 16.7 Å². The summed E-state index contributed by atoms with van der Waals surface area (Å²) in [6, 6.07) is 13.4. The summed E-state index contributed by atoms with van der Waals surface area (Å²) < 4.78 is 31.0. The molecule has 1 amide bonds. The van der Waals surface area contributed by atoms with Crippen molar-refractivity contribution in [3.05, 3.63) is 64.1 Å². The first-order chi connectivity index (χ1) is 13.2. The molecule has 150 valence electrons. The maximum Gasteiger partial charge on any atom is 0.338 e. The van der Waals surface area contributed by atoms with Crippen molar-refractivity contribution in [3.8, 4) is 0 Å². The maximum atomic E-state index is 12.3. The molecular weight excluding hydrogens is 448 g/mol. The smallest absolute Gasteiger partial charge is 0.338 e. The molecule has 0 aliphatic carbocycles. The minimum Gasteiger partial charge on any atom is -0.462 e. The number of ether oxygens (including phenoxy) is 1. The number of rotatable bonds is 8. The minimum atomic E-state index is -3.59. The van der Waals surface area contributed by atoms with E-state index in [0.29, 0.717) is 11.3 Å². The summed E-state index contributed by atoms with van der Waals surface area (Å²) in [5, 5.41) is 2.63. The molecule has 0 fully saturated rings. The van der Waals surface area contributed by atoms with Gasteiger partial charge in [0.15, 0.2) is 0 Å². The first kappa shape index (κ1) is 22.1. The molecule has 0 saturated heterocycles. The summed E-state index contributed by atoms with van der Waals surface area (Å²) in [6.07, 6.45) is 1.06. The van der Waals surface area contributed by atoms with E-state index in [-0.39, 0.29) is 19.7 Å². The van der Waals surface area contributed by atoms with Crippen LogP contribution in [0.2, 0.25) is 0 Å². The second-order valence-electron chi connectivity index (χ2n) is 6.00. The number of amides is 1. The van der Waals surface area contributed by atoms with Crippen LogP contribution in [0.4, 0.5) is 5.69 Å². The van der Waals surface area contributed by atoms with Gasteiger partial charge in [0.2, 0.25) is 15.9 Å². The lowest BCUT2D eigenvalue weighted by molar-refractivity contribution is -0.116. The van der Waals surface area contributed by atoms with E-state index in [4.69, 9.17) is 4.74 Å². The van der Waals surface area contributed by atoms with Crippen LogP contribution in [0.1, 0.15) is 22.8 Å². The van der Waals surface area contributed by atoms with Crippen LogP contribution in [0.5, 0.6) is 0 Å². The summed E-state index contributed by atoms with van der Waals surface area (Å²) in [7, 11) is -3.59. The van der Waals surface area contributed by atoms with Gasteiger partial charge < -0.3 is 10.1 Å². The molecule has 0 saturated carbocycles. The molecule has 0 unspecified atom stereocenters. The first-order valence-corrected chi connectivity index (χ1v) is 11.1. The van der Waals surface area contributed by atoms with Gasteiger partial charge in [-0.05, 0) is 48.9 Å². The predicted molar refractivity (Wildman–Crippen MR) is 110 cm³/mol. The fraction of sp³-hybridized carbons (Fsp3) is 0.263. The monoisotopic (exact) mass is 468 g/mol. The third-order valence-corrected chi connectivity index (χ3v) is 5.47. The van der Waals surface area contributed by atoms with Gasteiger partial charge in [0.1, 0.15) is 0 Å². The zero-order chi connectivity index (χ0) is 20.7. The predicted octanol–water partition coefficient (Wildman–Crippen LogP) is 3.03. The van der Waals surface area contributed by atoms with Gasteiger partial charge in [0.25, 0.3) is 0 Å². The Hall–Kier alpha value is -2.23. The summed E-state index contributed by atoms with van der Waals surface area (Å²) in [5.74, 6) is -0.926. The van der Waals surface area contributed by atoms with Gasteiger partial charge in [-0.1, -0.05) is 28.1 Å². The number of halogens is 1. The van der Waals surface area contributed by atoms with E-state index in [0.717, 1.165) is 20.6 Å².